The maximum Gasteiger partial charge on any atom is 0.0807 e. The first kappa shape index (κ1) is 14.6. The molecule has 1 aliphatic carbocycles. The van der Waals surface area contributed by atoms with Gasteiger partial charge in [0, 0.05) is 24.8 Å². The van der Waals surface area contributed by atoms with E-state index in [9.17, 15) is 0 Å². The number of rotatable bonds is 4. The van der Waals surface area contributed by atoms with Crippen LogP contribution in [0.25, 0.3) is 0 Å². The standard InChI is InChI=1S/C18H20N4/c1-2-10-18(22-14-16-8-4-6-12-20-16)17(9-1)21-13-15-7-3-5-11-19-15/h3-8,11-14,17-18H,1-2,9-10H2/b21-13+,22-14+. The summed E-state index contributed by atoms with van der Waals surface area (Å²) in [5.74, 6) is 0. The lowest BCUT2D eigenvalue weighted by Gasteiger charge is -2.25. The van der Waals surface area contributed by atoms with Crippen molar-refractivity contribution in [3.63, 3.8) is 0 Å². The Morgan fingerprint density at radius 3 is 1.68 bits per heavy atom. The predicted molar refractivity (Wildman–Crippen MR) is 89.7 cm³/mol. The fourth-order valence-electron chi connectivity index (χ4n) is 2.69. The Bertz CT molecular complexity index is 565. The summed E-state index contributed by atoms with van der Waals surface area (Å²) in [7, 11) is 0. The van der Waals surface area contributed by atoms with E-state index in [-0.39, 0.29) is 12.1 Å². The van der Waals surface area contributed by atoms with Crippen molar-refractivity contribution in [3.8, 4) is 0 Å². The summed E-state index contributed by atoms with van der Waals surface area (Å²) in [6.07, 6.45) is 12.0. The van der Waals surface area contributed by atoms with Gasteiger partial charge in [-0.25, -0.2) is 0 Å². The van der Waals surface area contributed by atoms with Gasteiger partial charge in [0.2, 0.25) is 0 Å². The van der Waals surface area contributed by atoms with E-state index in [1.807, 2.05) is 48.8 Å². The van der Waals surface area contributed by atoms with Gasteiger partial charge >= 0.3 is 0 Å². The van der Waals surface area contributed by atoms with Gasteiger partial charge in [-0.15, -0.1) is 0 Å². The lowest BCUT2D eigenvalue weighted by atomic mass is 9.91. The summed E-state index contributed by atoms with van der Waals surface area (Å²) in [6, 6.07) is 12.2. The molecule has 112 valence electrons. The van der Waals surface area contributed by atoms with E-state index in [0.717, 1.165) is 24.2 Å². The van der Waals surface area contributed by atoms with Crippen LogP contribution in [0.3, 0.4) is 0 Å². The predicted octanol–water partition coefficient (Wildman–Crippen LogP) is 3.33. The van der Waals surface area contributed by atoms with E-state index in [1.54, 1.807) is 12.4 Å². The molecule has 1 saturated carbocycles. The van der Waals surface area contributed by atoms with Gasteiger partial charge in [0.25, 0.3) is 0 Å². The first-order valence-electron chi connectivity index (χ1n) is 7.80. The molecule has 4 nitrogen and oxygen atoms in total. The van der Waals surface area contributed by atoms with Crippen LogP contribution in [0.15, 0.2) is 58.8 Å². The first-order chi connectivity index (χ1) is 10.9. The molecule has 2 heterocycles. The highest BCUT2D eigenvalue weighted by molar-refractivity contribution is 5.77. The molecule has 2 aromatic heterocycles. The van der Waals surface area contributed by atoms with Crippen LogP contribution >= 0.6 is 0 Å². The highest BCUT2D eigenvalue weighted by atomic mass is 14.9. The number of nitrogens with zero attached hydrogens (tertiary/aromatic N) is 4. The van der Waals surface area contributed by atoms with Crippen molar-refractivity contribution >= 4 is 12.4 Å². The maximum absolute atomic E-state index is 4.73. The number of pyridine rings is 2. The molecule has 0 saturated heterocycles. The third-order valence-electron chi connectivity index (χ3n) is 3.87. The van der Waals surface area contributed by atoms with Crippen molar-refractivity contribution in [3.05, 3.63) is 60.2 Å². The van der Waals surface area contributed by atoms with E-state index in [4.69, 9.17) is 9.98 Å². The minimum absolute atomic E-state index is 0.246. The summed E-state index contributed by atoms with van der Waals surface area (Å²) in [4.78, 5) is 18.0. The van der Waals surface area contributed by atoms with Gasteiger partial charge < -0.3 is 0 Å². The lowest BCUT2D eigenvalue weighted by Crippen LogP contribution is -2.27. The number of aromatic nitrogens is 2. The molecule has 1 fully saturated rings. The fraction of sp³-hybridized carbons (Fsp3) is 0.333. The third-order valence-corrected chi connectivity index (χ3v) is 3.87. The van der Waals surface area contributed by atoms with E-state index in [1.165, 1.54) is 12.8 Å². The van der Waals surface area contributed by atoms with Crippen LogP contribution in [-0.4, -0.2) is 34.5 Å². The second kappa shape index (κ2) is 7.59. The third kappa shape index (κ3) is 4.07. The highest BCUT2D eigenvalue weighted by Gasteiger charge is 2.23. The molecule has 0 radical (unpaired) electrons. The van der Waals surface area contributed by atoms with Crippen LogP contribution in [0.4, 0.5) is 0 Å². The smallest absolute Gasteiger partial charge is 0.0807 e. The van der Waals surface area contributed by atoms with Crippen molar-refractivity contribution in [1.29, 1.82) is 0 Å². The van der Waals surface area contributed by atoms with E-state index in [2.05, 4.69) is 9.97 Å². The molecule has 0 N–H and O–H groups in total. The normalized spacial score (nSPS) is 22.4. The van der Waals surface area contributed by atoms with Crippen molar-refractivity contribution in [2.45, 2.75) is 37.8 Å². The van der Waals surface area contributed by atoms with Crippen LogP contribution in [0.1, 0.15) is 37.1 Å². The van der Waals surface area contributed by atoms with E-state index >= 15 is 0 Å². The Hall–Kier alpha value is -2.36. The quantitative estimate of drug-likeness (QED) is 0.812. The highest BCUT2D eigenvalue weighted by Crippen LogP contribution is 2.23. The zero-order valence-corrected chi connectivity index (χ0v) is 12.5. The molecule has 0 amide bonds. The molecule has 0 bridgehead atoms. The monoisotopic (exact) mass is 292 g/mol. The van der Waals surface area contributed by atoms with E-state index in [0.29, 0.717) is 0 Å². The van der Waals surface area contributed by atoms with Crippen LogP contribution < -0.4 is 0 Å². The molecule has 3 rings (SSSR count). The van der Waals surface area contributed by atoms with Gasteiger partial charge in [0.05, 0.1) is 23.5 Å². The zero-order valence-electron chi connectivity index (χ0n) is 12.5. The largest absolute Gasteiger partial charge is 0.285 e. The molecule has 2 aromatic rings. The molecule has 2 unspecified atom stereocenters. The molecule has 4 heteroatoms. The van der Waals surface area contributed by atoms with Crippen molar-refractivity contribution in [2.24, 2.45) is 9.98 Å². The van der Waals surface area contributed by atoms with Crippen molar-refractivity contribution < 1.29 is 0 Å². The minimum atomic E-state index is 0.246. The summed E-state index contributed by atoms with van der Waals surface area (Å²) < 4.78 is 0. The summed E-state index contributed by atoms with van der Waals surface area (Å²) in [5.41, 5.74) is 1.81. The second-order valence-electron chi connectivity index (χ2n) is 5.48. The summed E-state index contributed by atoms with van der Waals surface area (Å²) in [5, 5.41) is 0. The maximum atomic E-state index is 4.73. The van der Waals surface area contributed by atoms with Crippen LogP contribution in [0.2, 0.25) is 0 Å². The molecular weight excluding hydrogens is 272 g/mol. The Morgan fingerprint density at radius 2 is 1.27 bits per heavy atom. The average Bonchev–Trinajstić information content (AvgIpc) is 2.61. The SMILES string of the molecule is C(=N\C1CCCCC1/N=C/c1ccccn1)/c1ccccn1. The topological polar surface area (TPSA) is 50.5 Å². The molecule has 0 spiro atoms. The van der Waals surface area contributed by atoms with Crippen molar-refractivity contribution in [2.75, 3.05) is 0 Å². The van der Waals surface area contributed by atoms with Gasteiger partial charge in [-0.05, 0) is 37.1 Å². The second-order valence-corrected chi connectivity index (χ2v) is 5.48. The first-order valence-corrected chi connectivity index (χ1v) is 7.80. The molecule has 22 heavy (non-hydrogen) atoms. The van der Waals surface area contributed by atoms with E-state index < -0.39 is 0 Å². The molecular formula is C18H20N4. The lowest BCUT2D eigenvalue weighted by molar-refractivity contribution is 0.390. The van der Waals surface area contributed by atoms with Gasteiger partial charge in [-0.3, -0.25) is 20.0 Å². The Kier molecular flexibility index (Phi) is 5.03. The molecule has 1 aliphatic rings. The van der Waals surface area contributed by atoms with Crippen LogP contribution in [0.5, 0.6) is 0 Å². The molecule has 0 aromatic carbocycles. The molecule has 0 aliphatic heterocycles. The Labute approximate surface area is 131 Å². The zero-order chi connectivity index (χ0) is 15.0. The number of hydrogen-bond acceptors (Lipinski definition) is 4. The van der Waals surface area contributed by atoms with Gasteiger partial charge in [0.15, 0.2) is 0 Å². The molecule has 2 atom stereocenters. The van der Waals surface area contributed by atoms with Gasteiger partial charge in [-0.2, -0.15) is 0 Å². The number of aliphatic imine (C=N–C) groups is 2. The summed E-state index contributed by atoms with van der Waals surface area (Å²) >= 11 is 0. The van der Waals surface area contributed by atoms with Gasteiger partial charge in [0.1, 0.15) is 0 Å². The summed E-state index contributed by atoms with van der Waals surface area (Å²) in [6.45, 7) is 0. The Morgan fingerprint density at radius 1 is 0.773 bits per heavy atom. The fourth-order valence-corrected chi connectivity index (χ4v) is 2.69. The van der Waals surface area contributed by atoms with Crippen LogP contribution in [0, 0.1) is 0 Å². The average molecular weight is 292 g/mol. The Balaban J connectivity index is 1.69. The van der Waals surface area contributed by atoms with Crippen molar-refractivity contribution in [1.82, 2.24) is 9.97 Å². The minimum Gasteiger partial charge on any atom is -0.285 e. The number of hydrogen-bond donors (Lipinski definition) is 0. The van der Waals surface area contributed by atoms with Crippen LogP contribution in [-0.2, 0) is 0 Å². The van der Waals surface area contributed by atoms with Gasteiger partial charge in [-0.1, -0.05) is 25.0 Å².